The largest absolute Gasteiger partial charge is 0.395 e. The number of benzene rings is 1. The Morgan fingerprint density at radius 1 is 1.48 bits per heavy atom. The van der Waals surface area contributed by atoms with Gasteiger partial charge in [-0.25, -0.2) is 14.4 Å². The van der Waals surface area contributed by atoms with Gasteiger partial charge in [-0.05, 0) is 31.2 Å². The number of hydrogen-bond acceptors (Lipinski definition) is 5. The zero-order valence-electron chi connectivity index (χ0n) is 11.7. The molecule has 2 rings (SSSR count). The zero-order chi connectivity index (χ0) is 15.4. The molecular formula is C14H16FN3O2S. The molecule has 0 saturated heterocycles. The first-order chi connectivity index (χ1) is 10.0. The second kappa shape index (κ2) is 6.75. The van der Waals surface area contributed by atoms with Crippen molar-refractivity contribution in [2.45, 2.75) is 13.0 Å². The van der Waals surface area contributed by atoms with E-state index < -0.39 is 0 Å². The summed E-state index contributed by atoms with van der Waals surface area (Å²) in [5, 5.41) is 12.8. The van der Waals surface area contributed by atoms with E-state index in [1.54, 1.807) is 31.5 Å². The Morgan fingerprint density at radius 3 is 2.76 bits per heavy atom. The fourth-order valence-corrected chi connectivity index (χ4v) is 2.36. The number of rotatable bonds is 5. The van der Waals surface area contributed by atoms with E-state index >= 15 is 0 Å². The number of aromatic nitrogens is 1. The first kappa shape index (κ1) is 15.6. The van der Waals surface area contributed by atoms with Crippen LogP contribution in [0.1, 0.15) is 17.4 Å². The normalized spacial score (nSPS) is 12.4. The molecule has 112 valence electrons. The molecule has 1 aromatic carbocycles. The van der Waals surface area contributed by atoms with Crippen molar-refractivity contribution in [3.05, 3.63) is 41.2 Å². The highest BCUT2D eigenvalue weighted by Crippen LogP contribution is 2.23. The van der Waals surface area contributed by atoms with Crippen LogP contribution in [0.15, 0.2) is 29.6 Å². The number of aliphatic hydroxyl groups excluding tert-OH is 1. The van der Waals surface area contributed by atoms with Crippen LogP contribution in [-0.4, -0.2) is 40.7 Å². The van der Waals surface area contributed by atoms with Crippen molar-refractivity contribution in [1.82, 2.24) is 15.4 Å². The highest BCUT2D eigenvalue weighted by atomic mass is 32.1. The Labute approximate surface area is 126 Å². The minimum absolute atomic E-state index is 0.0608. The third kappa shape index (κ3) is 3.84. The first-order valence-corrected chi connectivity index (χ1v) is 7.25. The molecule has 0 fully saturated rings. The summed E-state index contributed by atoms with van der Waals surface area (Å²) in [4.78, 5) is 16.3. The summed E-state index contributed by atoms with van der Waals surface area (Å²) in [7, 11) is 1.67. The van der Waals surface area contributed by atoms with Gasteiger partial charge >= 0.3 is 0 Å². The van der Waals surface area contributed by atoms with Gasteiger partial charge in [-0.1, -0.05) is 0 Å². The number of nitrogens with one attached hydrogen (secondary N) is 1. The minimum atomic E-state index is -0.345. The van der Waals surface area contributed by atoms with Crippen LogP contribution in [0, 0.1) is 5.82 Å². The summed E-state index contributed by atoms with van der Waals surface area (Å²) in [6, 6.07) is 5.76. The number of halogens is 1. The third-order valence-electron chi connectivity index (χ3n) is 3.03. The molecule has 1 amide bonds. The van der Waals surface area contributed by atoms with Crippen LogP contribution in [0.4, 0.5) is 4.39 Å². The molecule has 0 saturated carbocycles. The third-order valence-corrected chi connectivity index (χ3v) is 3.92. The van der Waals surface area contributed by atoms with E-state index in [1.807, 2.05) is 0 Å². The lowest BCUT2D eigenvalue weighted by Crippen LogP contribution is -2.46. The highest BCUT2D eigenvalue weighted by Gasteiger charge is 2.15. The van der Waals surface area contributed by atoms with Gasteiger partial charge in [-0.3, -0.25) is 10.2 Å². The number of carbonyl (C=O) groups is 1. The lowest BCUT2D eigenvalue weighted by molar-refractivity contribution is 0.0690. The summed E-state index contributed by atoms with van der Waals surface area (Å²) in [5.41, 5.74) is 3.69. The van der Waals surface area contributed by atoms with Crippen LogP contribution in [-0.2, 0) is 0 Å². The molecule has 2 aromatic rings. The second-order valence-corrected chi connectivity index (χ2v) is 5.49. The van der Waals surface area contributed by atoms with Crippen LogP contribution in [0.3, 0.4) is 0 Å². The molecule has 1 aromatic heterocycles. The van der Waals surface area contributed by atoms with Crippen molar-refractivity contribution >= 4 is 17.2 Å². The van der Waals surface area contributed by atoms with Gasteiger partial charge < -0.3 is 5.11 Å². The summed E-state index contributed by atoms with van der Waals surface area (Å²) in [6.45, 7) is 1.72. The van der Waals surface area contributed by atoms with Crippen LogP contribution in [0.2, 0.25) is 0 Å². The Morgan fingerprint density at radius 2 is 2.14 bits per heavy atom. The monoisotopic (exact) mass is 309 g/mol. The Balaban J connectivity index is 2.09. The number of thiazole rings is 1. The van der Waals surface area contributed by atoms with E-state index in [0.717, 1.165) is 5.56 Å². The number of hydrogen-bond donors (Lipinski definition) is 2. The number of aliphatic hydroxyl groups is 1. The summed E-state index contributed by atoms with van der Waals surface area (Å²) in [5.74, 6) is -0.657. The van der Waals surface area contributed by atoms with Crippen molar-refractivity contribution in [3.8, 4) is 10.6 Å². The predicted octanol–water partition coefficient (Wildman–Crippen LogP) is 1.91. The lowest BCUT2D eigenvalue weighted by atomic mass is 10.2. The molecule has 1 heterocycles. The molecule has 0 spiro atoms. The van der Waals surface area contributed by atoms with Crippen LogP contribution in [0.5, 0.6) is 0 Å². The quantitative estimate of drug-likeness (QED) is 0.828. The van der Waals surface area contributed by atoms with Crippen molar-refractivity contribution in [2.24, 2.45) is 0 Å². The molecule has 7 heteroatoms. The van der Waals surface area contributed by atoms with Crippen molar-refractivity contribution < 1.29 is 14.3 Å². The predicted molar refractivity (Wildman–Crippen MR) is 79.3 cm³/mol. The fourth-order valence-electron chi connectivity index (χ4n) is 1.55. The number of amides is 1. The molecular weight excluding hydrogens is 293 g/mol. The average molecular weight is 309 g/mol. The Hall–Kier alpha value is -1.83. The van der Waals surface area contributed by atoms with Gasteiger partial charge in [-0.2, -0.15) is 0 Å². The maximum atomic E-state index is 12.9. The standard InChI is InChI=1S/C14H16FN3O2S/c1-9(7-19)18(2)17-13(20)12-8-21-14(16-12)10-3-5-11(15)6-4-10/h3-6,8-9,19H,7H2,1-2H3,(H,17,20)/t9-/m1/s1. The topological polar surface area (TPSA) is 65.5 Å². The Bertz CT molecular complexity index is 615. The van der Waals surface area contributed by atoms with Gasteiger partial charge in [0.05, 0.1) is 6.61 Å². The fraction of sp³-hybridized carbons (Fsp3) is 0.286. The maximum Gasteiger partial charge on any atom is 0.285 e. The SMILES string of the molecule is C[C@H](CO)N(C)NC(=O)c1csc(-c2ccc(F)cc2)n1. The van der Waals surface area contributed by atoms with Crippen molar-refractivity contribution in [2.75, 3.05) is 13.7 Å². The lowest BCUT2D eigenvalue weighted by Gasteiger charge is -2.22. The molecule has 0 unspecified atom stereocenters. The zero-order valence-corrected chi connectivity index (χ0v) is 12.5. The number of hydrazine groups is 1. The van der Waals surface area contributed by atoms with Crippen LogP contribution >= 0.6 is 11.3 Å². The number of nitrogens with zero attached hydrogens (tertiary/aromatic N) is 2. The van der Waals surface area contributed by atoms with Crippen molar-refractivity contribution in [3.63, 3.8) is 0 Å². The molecule has 0 aliphatic rings. The molecule has 2 N–H and O–H groups in total. The van der Waals surface area contributed by atoms with E-state index in [9.17, 15) is 9.18 Å². The van der Waals surface area contributed by atoms with E-state index in [2.05, 4.69) is 10.4 Å². The molecule has 0 bridgehead atoms. The molecule has 1 atom stereocenters. The summed E-state index contributed by atoms with van der Waals surface area (Å²) < 4.78 is 12.9. The molecule has 0 aliphatic carbocycles. The van der Waals surface area contributed by atoms with Gasteiger partial charge in [0.15, 0.2) is 0 Å². The molecule has 5 nitrogen and oxygen atoms in total. The Kier molecular flexibility index (Phi) is 5.00. The van der Waals surface area contributed by atoms with Gasteiger partial charge in [0, 0.05) is 24.0 Å². The first-order valence-electron chi connectivity index (χ1n) is 6.37. The molecule has 0 aliphatic heterocycles. The van der Waals surface area contributed by atoms with E-state index in [4.69, 9.17) is 5.11 Å². The van der Waals surface area contributed by atoms with Gasteiger partial charge in [0.25, 0.3) is 5.91 Å². The minimum Gasteiger partial charge on any atom is -0.395 e. The van der Waals surface area contributed by atoms with E-state index in [-0.39, 0.29) is 30.1 Å². The second-order valence-electron chi connectivity index (χ2n) is 4.63. The smallest absolute Gasteiger partial charge is 0.285 e. The maximum absolute atomic E-state index is 12.9. The van der Waals surface area contributed by atoms with Crippen LogP contribution < -0.4 is 5.43 Å². The van der Waals surface area contributed by atoms with Gasteiger partial charge in [0.1, 0.15) is 16.5 Å². The molecule has 21 heavy (non-hydrogen) atoms. The number of carbonyl (C=O) groups excluding carboxylic acids is 1. The van der Waals surface area contributed by atoms with Crippen LogP contribution in [0.25, 0.3) is 10.6 Å². The van der Waals surface area contributed by atoms with Gasteiger partial charge in [-0.15, -0.1) is 11.3 Å². The van der Waals surface area contributed by atoms with Gasteiger partial charge in [0.2, 0.25) is 0 Å². The van der Waals surface area contributed by atoms with E-state index in [0.29, 0.717) is 5.01 Å². The molecule has 0 radical (unpaired) electrons. The number of likely N-dealkylation sites (N-methyl/N-ethyl adjacent to an activating group) is 1. The summed E-state index contributed by atoms with van der Waals surface area (Å²) >= 11 is 1.32. The highest BCUT2D eigenvalue weighted by molar-refractivity contribution is 7.13. The summed E-state index contributed by atoms with van der Waals surface area (Å²) in [6.07, 6.45) is 0. The van der Waals surface area contributed by atoms with Crippen molar-refractivity contribution in [1.29, 1.82) is 0 Å². The average Bonchev–Trinajstić information content (AvgIpc) is 2.97. The van der Waals surface area contributed by atoms with E-state index in [1.165, 1.54) is 28.5 Å².